The number of hydrogen-bond acceptors (Lipinski definition) is 2. The first-order valence-electron chi connectivity index (χ1n) is 4.76. The molecule has 2 N–H and O–H groups in total. The molecule has 0 spiro atoms. The highest BCUT2D eigenvalue weighted by Gasteiger charge is 2.06. The summed E-state index contributed by atoms with van der Waals surface area (Å²) in [5.41, 5.74) is 1.46. The van der Waals surface area contributed by atoms with Crippen molar-refractivity contribution in [2.24, 2.45) is 0 Å². The predicted octanol–water partition coefficient (Wildman–Crippen LogP) is 1.69. The molecule has 1 aromatic carbocycles. The number of aromatic carboxylic acids is 1. The van der Waals surface area contributed by atoms with Gasteiger partial charge in [0, 0.05) is 12.1 Å². The highest BCUT2D eigenvalue weighted by molar-refractivity contribution is 5.95. The Bertz CT molecular complexity index is 420. The van der Waals surface area contributed by atoms with Gasteiger partial charge in [0.2, 0.25) is 0 Å². The van der Waals surface area contributed by atoms with Crippen LogP contribution in [-0.4, -0.2) is 23.5 Å². The molecular weight excluding hydrogens is 206 g/mol. The van der Waals surface area contributed by atoms with Crippen LogP contribution in [0, 0.1) is 0 Å². The third kappa shape index (κ3) is 3.24. The summed E-state index contributed by atoms with van der Waals surface area (Å²) in [5.74, 6) is -1.24. The average molecular weight is 219 g/mol. The van der Waals surface area contributed by atoms with Crippen LogP contribution < -0.4 is 5.32 Å². The fraction of sp³-hybridized carbons (Fsp3) is 0.167. The lowest BCUT2D eigenvalue weighted by Crippen LogP contribution is -2.24. The first-order valence-corrected chi connectivity index (χ1v) is 4.76. The Morgan fingerprint density at radius 3 is 2.19 bits per heavy atom. The summed E-state index contributed by atoms with van der Waals surface area (Å²) in [6, 6.07) is 5.77. The van der Waals surface area contributed by atoms with Gasteiger partial charge < -0.3 is 10.4 Å². The van der Waals surface area contributed by atoms with E-state index in [0.717, 1.165) is 5.57 Å². The summed E-state index contributed by atoms with van der Waals surface area (Å²) >= 11 is 0. The molecule has 4 heteroatoms. The van der Waals surface area contributed by atoms with Gasteiger partial charge in [-0.25, -0.2) is 4.79 Å². The summed E-state index contributed by atoms with van der Waals surface area (Å²) in [4.78, 5) is 22.1. The van der Waals surface area contributed by atoms with Crippen LogP contribution in [0.4, 0.5) is 0 Å². The molecular formula is C12H13NO3. The van der Waals surface area contributed by atoms with Crippen LogP contribution in [0.1, 0.15) is 27.6 Å². The molecule has 16 heavy (non-hydrogen) atoms. The van der Waals surface area contributed by atoms with Crippen molar-refractivity contribution in [3.63, 3.8) is 0 Å². The van der Waals surface area contributed by atoms with E-state index in [2.05, 4.69) is 11.9 Å². The van der Waals surface area contributed by atoms with E-state index in [9.17, 15) is 9.59 Å². The van der Waals surface area contributed by atoms with Gasteiger partial charge in [0.05, 0.1) is 5.56 Å². The highest BCUT2D eigenvalue weighted by atomic mass is 16.4. The molecule has 0 heterocycles. The molecule has 0 aliphatic carbocycles. The summed E-state index contributed by atoms with van der Waals surface area (Å²) < 4.78 is 0. The number of nitrogens with one attached hydrogen (secondary N) is 1. The topological polar surface area (TPSA) is 66.4 Å². The second kappa shape index (κ2) is 5.11. The van der Waals surface area contributed by atoms with Crippen molar-refractivity contribution in [2.45, 2.75) is 6.92 Å². The fourth-order valence-electron chi connectivity index (χ4n) is 1.10. The van der Waals surface area contributed by atoms with Crippen molar-refractivity contribution >= 4 is 11.9 Å². The predicted molar refractivity (Wildman–Crippen MR) is 60.5 cm³/mol. The van der Waals surface area contributed by atoms with E-state index in [0.29, 0.717) is 12.1 Å². The smallest absolute Gasteiger partial charge is 0.335 e. The van der Waals surface area contributed by atoms with Crippen LogP contribution in [0.5, 0.6) is 0 Å². The molecule has 4 nitrogen and oxygen atoms in total. The summed E-state index contributed by atoms with van der Waals surface area (Å²) in [5, 5.41) is 11.3. The summed E-state index contributed by atoms with van der Waals surface area (Å²) in [6.07, 6.45) is 0. The normalized spacial score (nSPS) is 9.56. The van der Waals surface area contributed by atoms with Gasteiger partial charge in [-0.05, 0) is 31.2 Å². The van der Waals surface area contributed by atoms with E-state index in [1.807, 2.05) is 6.92 Å². The van der Waals surface area contributed by atoms with Gasteiger partial charge in [-0.2, -0.15) is 0 Å². The van der Waals surface area contributed by atoms with E-state index >= 15 is 0 Å². The Balaban J connectivity index is 2.70. The van der Waals surface area contributed by atoms with Crippen LogP contribution in [0.3, 0.4) is 0 Å². The number of rotatable bonds is 4. The molecule has 0 radical (unpaired) electrons. The molecule has 0 bridgehead atoms. The van der Waals surface area contributed by atoms with E-state index in [1.165, 1.54) is 24.3 Å². The molecule has 0 aromatic heterocycles. The standard InChI is InChI=1S/C12H13NO3/c1-8(2)7-13-11(14)9-3-5-10(6-4-9)12(15)16/h3-6H,1,7H2,2H3,(H,13,14)(H,15,16). The van der Waals surface area contributed by atoms with Crippen molar-refractivity contribution < 1.29 is 14.7 Å². The maximum atomic E-state index is 11.5. The molecule has 1 amide bonds. The lowest BCUT2D eigenvalue weighted by Gasteiger charge is -2.04. The van der Waals surface area contributed by atoms with Gasteiger partial charge in [0.1, 0.15) is 0 Å². The largest absolute Gasteiger partial charge is 0.478 e. The minimum atomic E-state index is -1.01. The second-order valence-corrected chi connectivity index (χ2v) is 3.52. The lowest BCUT2D eigenvalue weighted by molar-refractivity contribution is 0.0696. The van der Waals surface area contributed by atoms with Gasteiger partial charge in [-0.15, -0.1) is 0 Å². The summed E-state index contributed by atoms with van der Waals surface area (Å²) in [6.45, 7) is 5.90. The zero-order valence-electron chi connectivity index (χ0n) is 8.99. The van der Waals surface area contributed by atoms with Crippen LogP contribution in [-0.2, 0) is 0 Å². The SMILES string of the molecule is C=C(C)CNC(=O)c1ccc(C(=O)O)cc1. The Kier molecular flexibility index (Phi) is 3.83. The van der Waals surface area contributed by atoms with Crippen molar-refractivity contribution in [3.05, 3.63) is 47.5 Å². The van der Waals surface area contributed by atoms with Gasteiger partial charge >= 0.3 is 5.97 Å². The number of hydrogen-bond donors (Lipinski definition) is 2. The molecule has 0 unspecified atom stereocenters. The lowest BCUT2D eigenvalue weighted by atomic mass is 10.1. The van der Waals surface area contributed by atoms with Crippen LogP contribution >= 0.6 is 0 Å². The first kappa shape index (κ1) is 12.0. The minimum absolute atomic E-state index is 0.163. The minimum Gasteiger partial charge on any atom is -0.478 e. The number of carboxylic acids is 1. The van der Waals surface area contributed by atoms with Crippen LogP contribution in [0.2, 0.25) is 0 Å². The molecule has 1 rings (SSSR count). The van der Waals surface area contributed by atoms with Crippen molar-refractivity contribution in [1.82, 2.24) is 5.32 Å². The molecule has 0 aliphatic heterocycles. The second-order valence-electron chi connectivity index (χ2n) is 3.52. The Labute approximate surface area is 93.6 Å². The molecule has 84 valence electrons. The van der Waals surface area contributed by atoms with Crippen molar-refractivity contribution in [1.29, 1.82) is 0 Å². The Morgan fingerprint density at radius 1 is 1.25 bits per heavy atom. The first-order chi connectivity index (χ1) is 7.50. The van der Waals surface area contributed by atoms with Gasteiger partial charge in [-0.1, -0.05) is 12.2 Å². The van der Waals surface area contributed by atoms with E-state index in [-0.39, 0.29) is 11.5 Å². The van der Waals surface area contributed by atoms with Crippen LogP contribution in [0.15, 0.2) is 36.4 Å². The molecule has 1 aromatic rings. The maximum Gasteiger partial charge on any atom is 0.335 e. The van der Waals surface area contributed by atoms with E-state index < -0.39 is 5.97 Å². The Morgan fingerprint density at radius 2 is 1.75 bits per heavy atom. The van der Waals surface area contributed by atoms with Crippen molar-refractivity contribution in [2.75, 3.05) is 6.54 Å². The number of benzene rings is 1. The number of amides is 1. The van der Waals surface area contributed by atoms with Gasteiger partial charge in [0.15, 0.2) is 0 Å². The molecule has 0 saturated heterocycles. The molecule has 0 atom stereocenters. The number of carbonyl (C=O) groups is 2. The monoisotopic (exact) mass is 219 g/mol. The Hall–Kier alpha value is -2.10. The quantitative estimate of drug-likeness (QED) is 0.757. The maximum absolute atomic E-state index is 11.5. The molecule has 0 saturated carbocycles. The number of carboxylic acid groups (broad SMARTS) is 1. The van der Waals surface area contributed by atoms with Gasteiger partial charge in [-0.3, -0.25) is 4.79 Å². The third-order valence-corrected chi connectivity index (χ3v) is 1.94. The average Bonchev–Trinajstić information content (AvgIpc) is 2.26. The van der Waals surface area contributed by atoms with E-state index in [4.69, 9.17) is 5.11 Å². The summed E-state index contributed by atoms with van der Waals surface area (Å²) in [7, 11) is 0. The van der Waals surface area contributed by atoms with Crippen LogP contribution in [0.25, 0.3) is 0 Å². The molecule has 0 aliphatic rings. The van der Waals surface area contributed by atoms with Crippen molar-refractivity contribution in [3.8, 4) is 0 Å². The zero-order chi connectivity index (χ0) is 12.1. The highest BCUT2D eigenvalue weighted by Crippen LogP contribution is 2.04. The zero-order valence-corrected chi connectivity index (χ0v) is 8.99. The van der Waals surface area contributed by atoms with Gasteiger partial charge in [0.25, 0.3) is 5.91 Å². The van der Waals surface area contributed by atoms with E-state index in [1.54, 1.807) is 0 Å². The molecule has 0 fully saturated rings. The number of carbonyl (C=O) groups excluding carboxylic acids is 1. The third-order valence-electron chi connectivity index (χ3n) is 1.94. The fourth-order valence-corrected chi connectivity index (χ4v) is 1.10.